The molecule has 1 N–H and O–H groups in total. The first-order valence-electron chi connectivity index (χ1n) is 6.19. The molecule has 0 fully saturated rings. The Morgan fingerprint density at radius 3 is 2.47 bits per heavy atom. The number of hydrogen-bond acceptors (Lipinski definition) is 2. The van der Waals surface area contributed by atoms with Crippen LogP contribution in [0.3, 0.4) is 0 Å². The third kappa shape index (κ3) is 2.25. The summed E-state index contributed by atoms with van der Waals surface area (Å²) in [6, 6.07) is 16.3. The summed E-state index contributed by atoms with van der Waals surface area (Å²) in [6.07, 6.45) is 0. The van der Waals surface area contributed by atoms with E-state index in [1.807, 2.05) is 37.4 Å². The summed E-state index contributed by atoms with van der Waals surface area (Å²) >= 11 is 0. The molecule has 0 saturated carbocycles. The van der Waals surface area contributed by atoms with E-state index in [0.717, 1.165) is 22.3 Å². The fourth-order valence-corrected chi connectivity index (χ4v) is 2.27. The molecule has 1 atom stereocenters. The fourth-order valence-electron chi connectivity index (χ4n) is 2.27. The smallest absolute Gasteiger partial charge is 0.134 e. The molecule has 3 heteroatoms. The molecule has 0 aliphatic carbocycles. The van der Waals surface area contributed by atoms with Crippen LogP contribution in [0.2, 0.25) is 0 Å². The van der Waals surface area contributed by atoms with Gasteiger partial charge in [-0.25, -0.2) is 4.39 Å². The average molecular weight is 255 g/mol. The van der Waals surface area contributed by atoms with E-state index in [1.165, 1.54) is 12.1 Å². The molecule has 0 aliphatic rings. The number of fused-ring (bicyclic) bond motifs is 1. The van der Waals surface area contributed by atoms with Crippen LogP contribution >= 0.6 is 0 Å². The molecule has 3 rings (SSSR count). The molecule has 2 aromatic carbocycles. The second kappa shape index (κ2) is 4.86. The first-order valence-corrected chi connectivity index (χ1v) is 6.19. The zero-order valence-corrected chi connectivity index (χ0v) is 10.6. The van der Waals surface area contributed by atoms with Gasteiger partial charge in [-0.1, -0.05) is 30.3 Å². The van der Waals surface area contributed by atoms with Gasteiger partial charge in [-0.2, -0.15) is 0 Å². The number of benzene rings is 2. The zero-order chi connectivity index (χ0) is 13.2. The van der Waals surface area contributed by atoms with Gasteiger partial charge in [-0.15, -0.1) is 0 Å². The maximum absolute atomic E-state index is 13.0. The van der Waals surface area contributed by atoms with Crippen molar-refractivity contribution in [2.75, 3.05) is 7.05 Å². The van der Waals surface area contributed by atoms with E-state index in [4.69, 9.17) is 4.42 Å². The zero-order valence-electron chi connectivity index (χ0n) is 10.6. The van der Waals surface area contributed by atoms with E-state index < -0.39 is 0 Å². The normalized spacial score (nSPS) is 12.7. The van der Waals surface area contributed by atoms with Gasteiger partial charge < -0.3 is 9.73 Å². The van der Waals surface area contributed by atoms with Crippen LogP contribution < -0.4 is 5.32 Å². The molecule has 0 radical (unpaired) electrons. The molecular formula is C16H14FNO. The van der Waals surface area contributed by atoms with Gasteiger partial charge in [-0.3, -0.25) is 0 Å². The Balaban J connectivity index is 2.04. The quantitative estimate of drug-likeness (QED) is 0.768. The van der Waals surface area contributed by atoms with Crippen molar-refractivity contribution in [2.24, 2.45) is 0 Å². The van der Waals surface area contributed by atoms with Crippen molar-refractivity contribution in [1.29, 1.82) is 0 Å². The lowest BCUT2D eigenvalue weighted by molar-refractivity contribution is 0.491. The van der Waals surface area contributed by atoms with Gasteiger partial charge in [-0.05, 0) is 36.9 Å². The second-order valence-electron chi connectivity index (χ2n) is 4.46. The van der Waals surface area contributed by atoms with Crippen LogP contribution in [0.15, 0.2) is 59.0 Å². The highest BCUT2D eigenvalue weighted by atomic mass is 19.1. The lowest BCUT2D eigenvalue weighted by Crippen LogP contribution is -2.16. The number of halogens is 1. The summed E-state index contributed by atoms with van der Waals surface area (Å²) in [5.74, 6) is 0.596. The van der Waals surface area contributed by atoms with Crippen LogP contribution in [-0.4, -0.2) is 7.05 Å². The third-order valence-corrected chi connectivity index (χ3v) is 3.22. The Hall–Kier alpha value is -2.13. The van der Waals surface area contributed by atoms with E-state index in [0.29, 0.717) is 0 Å². The first kappa shape index (κ1) is 11.9. The molecule has 1 unspecified atom stereocenters. The number of rotatable bonds is 3. The molecule has 96 valence electrons. The average Bonchev–Trinajstić information content (AvgIpc) is 2.85. The Morgan fingerprint density at radius 1 is 1.05 bits per heavy atom. The molecule has 1 heterocycles. The van der Waals surface area contributed by atoms with Crippen molar-refractivity contribution >= 4 is 11.0 Å². The first-order chi connectivity index (χ1) is 9.28. The van der Waals surface area contributed by atoms with Gasteiger partial charge in [0.15, 0.2) is 0 Å². The second-order valence-corrected chi connectivity index (χ2v) is 4.46. The summed E-state index contributed by atoms with van der Waals surface area (Å²) in [7, 11) is 1.86. The molecule has 0 bridgehead atoms. The van der Waals surface area contributed by atoms with E-state index in [2.05, 4.69) is 5.32 Å². The van der Waals surface area contributed by atoms with Gasteiger partial charge in [0.1, 0.15) is 17.2 Å². The third-order valence-electron chi connectivity index (χ3n) is 3.22. The van der Waals surface area contributed by atoms with Crippen LogP contribution in [0.4, 0.5) is 4.39 Å². The number of para-hydroxylation sites is 1. The maximum atomic E-state index is 13.0. The van der Waals surface area contributed by atoms with Crippen molar-refractivity contribution in [2.45, 2.75) is 6.04 Å². The molecule has 0 aliphatic heterocycles. The predicted octanol–water partition coefficient (Wildman–Crippen LogP) is 3.88. The highest BCUT2D eigenvalue weighted by Gasteiger charge is 2.16. The summed E-state index contributed by atoms with van der Waals surface area (Å²) in [5.41, 5.74) is 1.84. The van der Waals surface area contributed by atoms with E-state index >= 15 is 0 Å². The fraction of sp³-hybridized carbons (Fsp3) is 0.125. The van der Waals surface area contributed by atoms with Crippen molar-refractivity contribution in [3.63, 3.8) is 0 Å². The topological polar surface area (TPSA) is 25.2 Å². The summed E-state index contributed by atoms with van der Waals surface area (Å²) < 4.78 is 18.8. The molecule has 19 heavy (non-hydrogen) atoms. The Kier molecular flexibility index (Phi) is 3.05. The lowest BCUT2D eigenvalue weighted by atomic mass is 10.0. The van der Waals surface area contributed by atoms with Crippen LogP contribution in [0.1, 0.15) is 17.4 Å². The van der Waals surface area contributed by atoms with E-state index in [-0.39, 0.29) is 11.9 Å². The highest BCUT2D eigenvalue weighted by molar-refractivity contribution is 5.77. The van der Waals surface area contributed by atoms with E-state index in [1.54, 1.807) is 12.1 Å². The van der Waals surface area contributed by atoms with Gasteiger partial charge >= 0.3 is 0 Å². The molecule has 3 aromatic rings. The Labute approximate surface area is 110 Å². The minimum absolute atomic E-state index is 0.0759. The monoisotopic (exact) mass is 255 g/mol. The largest absolute Gasteiger partial charge is 0.459 e. The molecule has 0 spiro atoms. The van der Waals surface area contributed by atoms with Crippen molar-refractivity contribution < 1.29 is 8.81 Å². The maximum Gasteiger partial charge on any atom is 0.134 e. The summed E-state index contributed by atoms with van der Waals surface area (Å²) in [5, 5.41) is 4.27. The Morgan fingerprint density at radius 2 is 1.79 bits per heavy atom. The van der Waals surface area contributed by atoms with Crippen LogP contribution in [0, 0.1) is 5.82 Å². The standard InChI is InChI=1S/C16H14FNO/c1-18-16(11-6-8-13(17)9-7-11)15-10-12-4-2-3-5-14(12)19-15/h2-10,16,18H,1H3. The summed E-state index contributed by atoms with van der Waals surface area (Å²) in [6.45, 7) is 0. The van der Waals surface area contributed by atoms with E-state index in [9.17, 15) is 4.39 Å². The van der Waals surface area contributed by atoms with Crippen molar-refractivity contribution in [1.82, 2.24) is 5.32 Å². The molecule has 0 saturated heterocycles. The molecule has 0 amide bonds. The van der Waals surface area contributed by atoms with Crippen LogP contribution in [0.5, 0.6) is 0 Å². The molecule has 1 aromatic heterocycles. The van der Waals surface area contributed by atoms with Crippen molar-refractivity contribution in [3.05, 3.63) is 71.7 Å². The summed E-state index contributed by atoms with van der Waals surface area (Å²) in [4.78, 5) is 0. The number of furan rings is 1. The van der Waals surface area contributed by atoms with Gasteiger partial charge in [0.2, 0.25) is 0 Å². The van der Waals surface area contributed by atoms with Gasteiger partial charge in [0.05, 0.1) is 6.04 Å². The van der Waals surface area contributed by atoms with Crippen molar-refractivity contribution in [3.8, 4) is 0 Å². The SMILES string of the molecule is CNC(c1ccc(F)cc1)c1cc2ccccc2o1. The minimum Gasteiger partial charge on any atom is -0.459 e. The number of hydrogen-bond donors (Lipinski definition) is 1. The molecular weight excluding hydrogens is 241 g/mol. The number of nitrogens with one attached hydrogen (secondary N) is 1. The highest BCUT2D eigenvalue weighted by Crippen LogP contribution is 2.28. The molecule has 2 nitrogen and oxygen atoms in total. The van der Waals surface area contributed by atoms with Gasteiger partial charge in [0.25, 0.3) is 0 Å². The van der Waals surface area contributed by atoms with Crippen LogP contribution in [-0.2, 0) is 0 Å². The predicted molar refractivity (Wildman–Crippen MR) is 73.5 cm³/mol. The Bertz CT molecular complexity index is 654. The minimum atomic E-state index is -0.233. The van der Waals surface area contributed by atoms with Gasteiger partial charge in [0, 0.05) is 5.39 Å². The lowest BCUT2D eigenvalue weighted by Gasteiger charge is -2.13. The van der Waals surface area contributed by atoms with Crippen LogP contribution in [0.25, 0.3) is 11.0 Å².